The van der Waals surface area contributed by atoms with Gasteiger partial charge in [-0.2, -0.15) is 0 Å². The number of thiazole rings is 1. The van der Waals surface area contributed by atoms with E-state index < -0.39 is 0 Å². The summed E-state index contributed by atoms with van der Waals surface area (Å²) in [6.45, 7) is 6.24. The highest BCUT2D eigenvalue weighted by molar-refractivity contribution is 7.14. The molecule has 0 aliphatic carbocycles. The lowest BCUT2D eigenvalue weighted by atomic mass is 9.99. The highest BCUT2D eigenvalue weighted by Gasteiger charge is 2.18. The first-order valence-corrected chi connectivity index (χ1v) is 9.91. The Balaban J connectivity index is 1.87. The molecule has 29 heavy (non-hydrogen) atoms. The highest BCUT2D eigenvalue weighted by atomic mass is 32.1. The van der Waals surface area contributed by atoms with Gasteiger partial charge in [0.1, 0.15) is 0 Å². The van der Waals surface area contributed by atoms with Crippen LogP contribution in [0.2, 0.25) is 0 Å². The van der Waals surface area contributed by atoms with Gasteiger partial charge in [0.05, 0.1) is 27.0 Å². The van der Waals surface area contributed by atoms with Gasteiger partial charge in [-0.25, -0.2) is 4.98 Å². The Morgan fingerprint density at radius 1 is 0.897 bits per heavy atom. The number of aromatic nitrogens is 1. The standard InChI is InChI=1S/C22H24N2O4S/c1-12-7-14(3)16(8-13(12)2)17-11-29-22(23-17)24-21(25)15-9-18(26-4)20(28-6)19(10-15)27-5/h7-11H,1-6H3,(H,23,24,25). The van der Waals surface area contributed by atoms with Crippen molar-refractivity contribution in [3.8, 4) is 28.5 Å². The van der Waals surface area contributed by atoms with Crippen LogP contribution in [0.3, 0.4) is 0 Å². The topological polar surface area (TPSA) is 69.7 Å². The second-order valence-electron chi connectivity index (χ2n) is 6.66. The van der Waals surface area contributed by atoms with Gasteiger partial charge >= 0.3 is 0 Å². The zero-order valence-corrected chi connectivity index (χ0v) is 18.2. The van der Waals surface area contributed by atoms with E-state index in [-0.39, 0.29) is 5.91 Å². The van der Waals surface area contributed by atoms with Gasteiger partial charge in [0, 0.05) is 16.5 Å². The SMILES string of the molecule is COc1cc(C(=O)Nc2nc(-c3cc(C)c(C)cc3C)cs2)cc(OC)c1OC. The number of hydrogen-bond acceptors (Lipinski definition) is 6. The molecule has 3 rings (SSSR count). The van der Waals surface area contributed by atoms with Crippen molar-refractivity contribution < 1.29 is 19.0 Å². The van der Waals surface area contributed by atoms with Crippen LogP contribution in [-0.4, -0.2) is 32.2 Å². The number of rotatable bonds is 6. The third-order valence-electron chi connectivity index (χ3n) is 4.77. The number of amides is 1. The lowest BCUT2D eigenvalue weighted by molar-refractivity contribution is 0.102. The van der Waals surface area contributed by atoms with E-state index in [4.69, 9.17) is 14.2 Å². The van der Waals surface area contributed by atoms with Crippen LogP contribution in [0.25, 0.3) is 11.3 Å². The van der Waals surface area contributed by atoms with Crippen molar-refractivity contribution in [3.05, 3.63) is 51.9 Å². The molecule has 0 aliphatic heterocycles. The quantitative estimate of drug-likeness (QED) is 0.616. The van der Waals surface area contributed by atoms with Crippen molar-refractivity contribution in [2.24, 2.45) is 0 Å². The molecule has 152 valence electrons. The van der Waals surface area contributed by atoms with Crippen molar-refractivity contribution in [2.45, 2.75) is 20.8 Å². The van der Waals surface area contributed by atoms with E-state index in [1.54, 1.807) is 12.1 Å². The number of aryl methyl sites for hydroxylation is 3. The van der Waals surface area contributed by atoms with E-state index in [0.717, 1.165) is 16.8 Å². The number of hydrogen-bond donors (Lipinski definition) is 1. The average Bonchev–Trinajstić information content (AvgIpc) is 3.17. The number of nitrogens with one attached hydrogen (secondary N) is 1. The molecular weight excluding hydrogens is 388 g/mol. The van der Waals surface area contributed by atoms with Crippen LogP contribution in [0.4, 0.5) is 5.13 Å². The Labute approximate surface area is 174 Å². The van der Waals surface area contributed by atoms with E-state index in [0.29, 0.717) is 27.9 Å². The zero-order chi connectivity index (χ0) is 21.1. The minimum Gasteiger partial charge on any atom is -0.493 e. The van der Waals surface area contributed by atoms with E-state index in [1.807, 2.05) is 5.38 Å². The van der Waals surface area contributed by atoms with E-state index >= 15 is 0 Å². The third-order valence-corrected chi connectivity index (χ3v) is 5.53. The number of carbonyl (C=O) groups excluding carboxylic acids is 1. The average molecular weight is 413 g/mol. The molecule has 1 amide bonds. The summed E-state index contributed by atoms with van der Waals surface area (Å²) in [5.41, 5.74) is 5.91. The number of nitrogens with zero attached hydrogens (tertiary/aromatic N) is 1. The molecule has 0 atom stereocenters. The van der Waals surface area contributed by atoms with Crippen molar-refractivity contribution in [1.29, 1.82) is 0 Å². The van der Waals surface area contributed by atoms with E-state index in [9.17, 15) is 4.79 Å². The summed E-state index contributed by atoms with van der Waals surface area (Å²) in [6.07, 6.45) is 0. The number of benzene rings is 2. The third kappa shape index (κ3) is 4.19. The molecular formula is C22H24N2O4S. The molecule has 0 fully saturated rings. The smallest absolute Gasteiger partial charge is 0.257 e. The highest BCUT2D eigenvalue weighted by Crippen LogP contribution is 2.38. The van der Waals surface area contributed by atoms with Crippen LogP contribution >= 0.6 is 11.3 Å². The minimum absolute atomic E-state index is 0.304. The summed E-state index contributed by atoms with van der Waals surface area (Å²) >= 11 is 1.38. The van der Waals surface area contributed by atoms with Crippen LogP contribution < -0.4 is 19.5 Å². The lowest BCUT2D eigenvalue weighted by Crippen LogP contribution is -2.12. The fraction of sp³-hybridized carbons (Fsp3) is 0.273. The summed E-state index contributed by atoms with van der Waals surface area (Å²) in [5, 5.41) is 5.32. The molecule has 2 aromatic carbocycles. The maximum absolute atomic E-state index is 12.8. The van der Waals surface area contributed by atoms with Crippen LogP contribution in [0.5, 0.6) is 17.2 Å². The maximum Gasteiger partial charge on any atom is 0.257 e. The number of ether oxygens (including phenoxy) is 3. The second kappa shape index (κ2) is 8.53. The Morgan fingerprint density at radius 2 is 1.52 bits per heavy atom. The number of anilines is 1. The van der Waals surface area contributed by atoms with Crippen molar-refractivity contribution in [2.75, 3.05) is 26.6 Å². The lowest BCUT2D eigenvalue weighted by Gasteiger charge is -2.13. The van der Waals surface area contributed by atoms with E-state index in [2.05, 4.69) is 43.2 Å². The normalized spacial score (nSPS) is 10.6. The monoisotopic (exact) mass is 412 g/mol. The fourth-order valence-corrected chi connectivity index (χ4v) is 3.78. The van der Waals surface area contributed by atoms with Gasteiger partial charge in [0.25, 0.3) is 5.91 Å². The molecule has 6 nitrogen and oxygen atoms in total. The van der Waals surface area contributed by atoms with Crippen LogP contribution in [0, 0.1) is 20.8 Å². The fourth-order valence-electron chi connectivity index (χ4n) is 3.07. The Hall–Kier alpha value is -3.06. The molecule has 0 radical (unpaired) electrons. The molecule has 0 saturated heterocycles. The number of methoxy groups -OCH3 is 3. The summed E-state index contributed by atoms with van der Waals surface area (Å²) < 4.78 is 15.9. The first-order valence-electron chi connectivity index (χ1n) is 9.03. The predicted molar refractivity (Wildman–Crippen MR) is 116 cm³/mol. The Bertz CT molecular complexity index is 1030. The van der Waals surface area contributed by atoms with Gasteiger partial charge in [0.2, 0.25) is 5.75 Å². The van der Waals surface area contributed by atoms with E-state index in [1.165, 1.54) is 43.8 Å². The summed E-state index contributed by atoms with van der Waals surface area (Å²) in [5.74, 6) is 0.973. The molecule has 0 saturated carbocycles. The molecule has 0 unspecified atom stereocenters. The Kier molecular flexibility index (Phi) is 6.08. The largest absolute Gasteiger partial charge is 0.493 e. The molecule has 7 heteroatoms. The second-order valence-corrected chi connectivity index (χ2v) is 7.52. The predicted octanol–water partition coefficient (Wildman–Crippen LogP) is 5.01. The molecule has 1 aromatic heterocycles. The van der Waals surface area contributed by atoms with Gasteiger partial charge in [0.15, 0.2) is 16.6 Å². The first-order chi connectivity index (χ1) is 13.9. The van der Waals surface area contributed by atoms with Crippen molar-refractivity contribution >= 4 is 22.4 Å². The van der Waals surface area contributed by atoms with Crippen LogP contribution in [-0.2, 0) is 0 Å². The molecule has 0 spiro atoms. The van der Waals surface area contributed by atoms with Gasteiger partial charge in [-0.15, -0.1) is 11.3 Å². The minimum atomic E-state index is -0.304. The van der Waals surface area contributed by atoms with Gasteiger partial charge < -0.3 is 14.2 Å². The molecule has 1 N–H and O–H groups in total. The molecule has 0 aliphatic rings. The van der Waals surface area contributed by atoms with Gasteiger partial charge in [-0.3, -0.25) is 10.1 Å². The van der Waals surface area contributed by atoms with Crippen molar-refractivity contribution in [1.82, 2.24) is 4.98 Å². The number of carbonyl (C=O) groups is 1. The van der Waals surface area contributed by atoms with Crippen LogP contribution in [0.1, 0.15) is 27.0 Å². The van der Waals surface area contributed by atoms with Crippen LogP contribution in [0.15, 0.2) is 29.6 Å². The summed E-state index contributed by atoms with van der Waals surface area (Å²) in [7, 11) is 4.54. The molecule has 0 bridgehead atoms. The first kappa shape index (κ1) is 20.7. The zero-order valence-electron chi connectivity index (χ0n) is 17.4. The Morgan fingerprint density at radius 3 is 2.10 bits per heavy atom. The molecule has 1 heterocycles. The molecule has 3 aromatic rings. The maximum atomic E-state index is 12.8. The summed E-state index contributed by atoms with van der Waals surface area (Å²) in [4.78, 5) is 17.4. The summed E-state index contributed by atoms with van der Waals surface area (Å²) in [6, 6.07) is 7.50. The van der Waals surface area contributed by atoms with Gasteiger partial charge in [-0.1, -0.05) is 6.07 Å². The van der Waals surface area contributed by atoms with Crippen molar-refractivity contribution in [3.63, 3.8) is 0 Å². The van der Waals surface area contributed by atoms with Gasteiger partial charge in [-0.05, 0) is 55.7 Å².